The van der Waals surface area contributed by atoms with Gasteiger partial charge < -0.3 is 14.6 Å². The lowest BCUT2D eigenvalue weighted by Crippen LogP contribution is -2.30. The highest BCUT2D eigenvalue weighted by molar-refractivity contribution is 7.90. The van der Waals surface area contributed by atoms with Gasteiger partial charge in [0.2, 0.25) is 0 Å². The number of fused-ring (bicyclic) bond motifs is 1. The Balaban J connectivity index is 1.60. The number of amides is 1. The summed E-state index contributed by atoms with van der Waals surface area (Å²) in [6, 6.07) is 14.4. The van der Waals surface area contributed by atoms with Gasteiger partial charge >= 0.3 is 11.9 Å². The summed E-state index contributed by atoms with van der Waals surface area (Å²) < 4.78 is 38.4. The van der Waals surface area contributed by atoms with Crippen molar-refractivity contribution >= 4 is 51.1 Å². The fraction of sp³-hybridized carbons (Fsp3) is 0.222. The van der Waals surface area contributed by atoms with E-state index in [-0.39, 0.29) is 44.3 Å². The number of ether oxygens (including phenoxy) is 2. The number of nitrogens with zero attached hydrogens (tertiary/aromatic N) is 1. The molecule has 0 aliphatic carbocycles. The number of carbonyl (C=O) groups excluding carboxylic acids is 2. The summed E-state index contributed by atoms with van der Waals surface area (Å²) in [4.78, 5) is 36.9. The smallest absolute Gasteiger partial charge is 0.344 e. The zero-order valence-electron chi connectivity index (χ0n) is 20.8. The van der Waals surface area contributed by atoms with Crippen LogP contribution in [0.5, 0.6) is 5.75 Å². The van der Waals surface area contributed by atoms with Crippen LogP contribution in [0.2, 0.25) is 10.0 Å². The molecule has 0 aromatic heterocycles. The van der Waals surface area contributed by atoms with Gasteiger partial charge in [-0.25, -0.2) is 22.3 Å². The van der Waals surface area contributed by atoms with Crippen LogP contribution in [0.25, 0.3) is 0 Å². The molecule has 0 fully saturated rings. The lowest BCUT2D eigenvalue weighted by Gasteiger charge is -2.17. The van der Waals surface area contributed by atoms with E-state index < -0.39 is 46.6 Å². The van der Waals surface area contributed by atoms with E-state index in [1.807, 2.05) is 18.2 Å². The maximum absolute atomic E-state index is 13.5. The summed E-state index contributed by atoms with van der Waals surface area (Å²) in [5, 5.41) is 9.03. The predicted octanol–water partition coefficient (Wildman–Crippen LogP) is 5.28. The Morgan fingerprint density at radius 2 is 1.74 bits per heavy atom. The lowest BCUT2D eigenvalue weighted by molar-refractivity contribution is -0.147. The van der Waals surface area contributed by atoms with Crippen molar-refractivity contribution in [2.24, 2.45) is 0 Å². The monoisotopic (exact) mass is 591 g/mol. The molecule has 1 heterocycles. The first-order valence-electron chi connectivity index (χ1n) is 11.7. The third-order valence-electron chi connectivity index (χ3n) is 6.03. The van der Waals surface area contributed by atoms with Crippen molar-refractivity contribution in [2.75, 3.05) is 6.61 Å². The normalized spacial score (nSPS) is 13.9. The van der Waals surface area contributed by atoms with Crippen molar-refractivity contribution in [3.63, 3.8) is 0 Å². The molecule has 3 aromatic carbocycles. The zero-order chi connectivity index (χ0) is 28.5. The number of sulfonamides is 1. The van der Waals surface area contributed by atoms with Crippen molar-refractivity contribution in [2.45, 2.75) is 37.8 Å². The zero-order valence-corrected chi connectivity index (χ0v) is 23.1. The number of aromatic carboxylic acids is 1. The summed E-state index contributed by atoms with van der Waals surface area (Å²) in [5.74, 6) is -3.03. The molecule has 1 aliphatic heterocycles. The van der Waals surface area contributed by atoms with Crippen LogP contribution in [0.1, 0.15) is 57.2 Å². The fourth-order valence-corrected chi connectivity index (χ4v) is 6.26. The van der Waals surface area contributed by atoms with Gasteiger partial charge in [-0.3, -0.25) is 4.79 Å². The summed E-state index contributed by atoms with van der Waals surface area (Å²) >= 11 is 12.2. The highest BCUT2D eigenvalue weighted by atomic mass is 35.5. The van der Waals surface area contributed by atoms with Crippen LogP contribution in [0.3, 0.4) is 0 Å². The number of carbonyl (C=O) groups is 3. The van der Waals surface area contributed by atoms with Crippen molar-refractivity contribution < 1.29 is 37.4 Å². The van der Waals surface area contributed by atoms with Gasteiger partial charge in [0.05, 0.1) is 27.7 Å². The molecule has 0 atom stereocenters. The van der Waals surface area contributed by atoms with Gasteiger partial charge in [-0.15, -0.1) is 0 Å². The van der Waals surface area contributed by atoms with E-state index in [1.54, 1.807) is 26.0 Å². The number of halogens is 2. The van der Waals surface area contributed by atoms with E-state index in [9.17, 15) is 27.9 Å². The van der Waals surface area contributed by atoms with E-state index in [2.05, 4.69) is 0 Å². The number of rotatable bonds is 9. The molecule has 0 radical (unpaired) electrons. The number of benzene rings is 3. The highest BCUT2D eigenvalue weighted by Crippen LogP contribution is 2.40. The Bertz CT molecular complexity index is 1570. The summed E-state index contributed by atoms with van der Waals surface area (Å²) in [5.41, 5.74) is 0.880. The van der Waals surface area contributed by atoms with E-state index in [4.69, 9.17) is 32.7 Å². The first-order chi connectivity index (χ1) is 18.4. The summed E-state index contributed by atoms with van der Waals surface area (Å²) in [6.45, 7) is 2.64. The average Bonchev–Trinajstić information content (AvgIpc) is 3.07. The standard InChI is InChI=1S/C27H23Cl2NO8S/c1-15(2)19-10-18(37-14-22(31)38-13-16-6-4-3-5-7-16)11-21-23(19)26(32)30(39(21,35)36)12-17-8-9-20(28)24(25(17)29)27(33)34/h3-11,15H,12-14H2,1-2H3,(H,33,34). The molecule has 204 valence electrons. The van der Waals surface area contributed by atoms with Crippen LogP contribution in [0, 0.1) is 0 Å². The second-order valence-corrected chi connectivity index (χ2v) is 11.6. The first-order valence-corrected chi connectivity index (χ1v) is 13.9. The van der Waals surface area contributed by atoms with Crippen molar-refractivity contribution in [1.29, 1.82) is 0 Å². The Labute approximate surface area is 234 Å². The minimum Gasteiger partial charge on any atom is -0.482 e. The van der Waals surface area contributed by atoms with Gasteiger partial charge in [-0.2, -0.15) is 0 Å². The molecule has 1 amide bonds. The van der Waals surface area contributed by atoms with Crippen molar-refractivity contribution in [1.82, 2.24) is 4.31 Å². The van der Waals surface area contributed by atoms with Crippen LogP contribution in [-0.4, -0.2) is 42.3 Å². The minimum absolute atomic E-state index is 0.0208. The molecule has 3 aromatic rings. The van der Waals surface area contributed by atoms with Gasteiger partial charge in [0.25, 0.3) is 15.9 Å². The molecule has 0 saturated heterocycles. The molecule has 0 spiro atoms. The van der Waals surface area contributed by atoms with E-state index >= 15 is 0 Å². The molecule has 1 aliphatic rings. The molecule has 9 nitrogen and oxygen atoms in total. The van der Waals surface area contributed by atoms with Crippen LogP contribution in [0.15, 0.2) is 59.5 Å². The Morgan fingerprint density at radius 1 is 1.05 bits per heavy atom. The topological polar surface area (TPSA) is 127 Å². The summed E-state index contributed by atoms with van der Waals surface area (Å²) in [7, 11) is -4.37. The maximum atomic E-state index is 13.5. The van der Waals surface area contributed by atoms with Crippen molar-refractivity contribution in [3.8, 4) is 5.75 Å². The second-order valence-electron chi connectivity index (χ2n) is 8.99. The molecule has 4 rings (SSSR count). The van der Waals surface area contributed by atoms with Gasteiger partial charge in [-0.1, -0.05) is 73.4 Å². The second kappa shape index (κ2) is 11.3. The van der Waals surface area contributed by atoms with Crippen LogP contribution < -0.4 is 4.74 Å². The predicted molar refractivity (Wildman–Crippen MR) is 143 cm³/mol. The fourth-order valence-electron chi connectivity index (χ4n) is 4.08. The van der Waals surface area contributed by atoms with Crippen LogP contribution >= 0.6 is 23.2 Å². The average molecular weight is 592 g/mol. The van der Waals surface area contributed by atoms with Gasteiger partial charge in [0.15, 0.2) is 6.61 Å². The van der Waals surface area contributed by atoms with Gasteiger partial charge in [-0.05, 0) is 34.7 Å². The SMILES string of the molecule is CC(C)c1cc(OCC(=O)OCc2ccccc2)cc2c1C(=O)N(Cc1ccc(Cl)c(C(=O)O)c1Cl)S2(=O)=O. The molecule has 0 bridgehead atoms. The molecule has 1 N–H and O–H groups in total. The number of esters is 1. The molecular weight excluding hydrogens is 569 g/mol. The van der Waals surface area contributed by atoms with Crippen LogP contribution in [0.4, 0.5) is 0 Å². The van der Waals surface area contributed by atoms with E-state index in [0.717, 1.165) is 5.56 Å². The van der Waals surface area contributed by atoms with Gasteiger partial charge in [0, 0.05) is 6.07 Å². The van der Waals surface area contributed by atoms with Crippen molar-refractivity contribution in [3.05, 3.63) is 92.5 Å². The minimum atomic E-state index is -4.37. The third-order valence-corrected chi connectivity index (χ3v) is 8.53. The van der Waals surface area contributed by atoms with E-state index in [1.165, 1.54) is 24.3 Å². The Morgan fingerprint density at radius 3 is 2.38 bits per heavy atom. The molecule has 12 heteroatoms. The lowest BCUT2D eigenvalue weighted by atomic mass is 9.96. The number of hydrogen-bond donors (Lipinski definition) is 1. The number of carboxylic acid groups (broad SMARTS) is 1. The highest BCUT2D eigenvalue weighted by Gasteiger charge is 2.44. The number of carboxylic acids is 1. The Hall–Kier alpha value is -3.60. The Kier molecular flexibility index (Phi) is 8.20. The molecule has 0 saturated carbocycles. The first kappa shape index (κ1) is 28.4. The molecule has 0 unspecified atom stereocenters. The largest absolute Gasteiger partial charge is 0.482 e. The van der Waals surface area contributed by atoms with Crippen LogP contribution in [-0.2, 0) is 32.7 Å². The van der Waals surface area contributed by atoms with E-state index in [0.29, 0.717) is 9.87 Å². The summed E-state index contributed by atoms with van der Waals surface area (Å²) in [6.07, 6.45) is 0. The maximum Gasteiger partial charge on any atom is 0.344 e. The molecule has 39 heavy (non-hydrogen) atoms. The number of hydrogen-bond acceptors (Lipinski definition) is 7. The molecular formula is C27H23Cl2NO8S. The third kappa shape index (κ3) is 5.73. The quantitative estimate of drug-likeness (QED) is 0.333. The van der Waals surface area contributed by atoms with Gasteiger partial charge in [0.1, 0.15) is 17.3 Å².